The van der Waals surface area contributed by atoms with Crippen LogP contribution in [0.5, 0.6) is 0 Å². The zero-order valence-electron chi connectivity index (χ0n) is 18.0. The van der Waals surface area contributed by atoms with Crippen molar-refractivity contribution in [2.24, 2.45) is 5.41 Å². The zero-order chi connectivity index (χ0) is 23.2. The smallest absolute Gasteiger partial charge is 0.350 e. The minimum Gasteiger partial charge on any atom is -0.350 e. The number of thiazole rings is 1. The monoisotopic (exact) mass is 473 g/mol. The van der Waals surface area contributed by atoms with Gasteiger partial charge >= 0.3 is 6.18 Å². The molecule has 172 valence electrons. The van der Waals surface area contributed by atoms with Crippen molar-refractivity contribution in [3.8, 4) is 22.0 Å². The van der Waals surface area contributed by atoms with Crippen molar-refractivity contribution >= 4 is 28.3 Å². The maximum atomic E-state index is 13.8. The summed E-state index contributed by atoms with van der Waals surface area (Å²) < 4.78 is 41.5. The van der Waals surface area contributed by atoms with Crippen LogP contribution in [0.25, 0.3) is 33.0 Å². The molecule has 5 rings (SSSR count). The van der Waals surface area contributed by atoms with Gasteiger partial charge < -0.3 is 15.6 Å². The number of hydrogen-bond donors (Lipinski definition) is 3. The van der Waals surface area contributed by atoms with E-state index < -0.39 is 11.7 Å². The first-order chi connectivity index (χ1) is 15.7. The lowest BCUT2D eigenvalue weighted by molar-refractivity contribution is -0.137. The van der Waals surface area contributed by atoms with Gasteiger partial charge in [0, 0.05) is 54.1 Å². The molecule has 0 bridgehead atoms. The van der Waals surface area contributed by atoms with Gasteiger partial charge in [-0.3, -0.25) is 0 Å². The molecule has 0 unspecified atom stereocenters. The van der Waals surface area contributed by atoms with Crippen LogP contribution in [0, 0.1) is 5.41 Å². The summed E-state index contributed by atoms with van der Waals surface area (Å²) in [5, 5.41) is 9.68. The number of aromatic nitrogens is 5. The quantitative estimate of drug-likeness (QED) is 0.388. The second-order valence-corrected chi connectivity index (χ2v) is 9.82. The summed E-state index contributed by atoms with van der Waals surface area (Å²) in [6, 6.07) is 3.51. The number of rotatable bonds is 4. The molecule has 11 heteroatoms. The Morgan fingerprint density at radius 1 is 1.18 bits per heavy atom. The zero-order valence-corrected chi connectivity index (χ0v) is 18.8. The fourth-order valence-electron chi connectivity index (χ4n) is 4.21. The number of fused-ring (bicyclic) bond motifs is 1. The van der Waals surface area contributed by atoms with Gasteiger partial charge in [-0.15, -0.1) is 11.3 Å². The molecule has 1 saturated heterocycles. The Morgan fingerprint density at radius 3 is 2.76 bits per heavy atom. The molecule has 1 fully saturated rings. The highest BCUT2D eigenvalue weighted by molar-refractivity contribution is 7.13. The van der Waals surface area contributed by atoms with Crippen molar-refractivity contribution in [1.29, 1.82) is 0 Å². The van der Waals surface area contributed by atoms with E-state index in [-0.39, 0.29) is 23.1 Å². The van der Waals surface area contributed by atoms with Crippen LogP contribution in [0.1, 0.15) is 25.8 Å². The summed E-state index contributed by atoms with van der Waals surface area (Å²) >= 11 is 1.44. The van der Waals surface area contributed by atoms with E-state index in [0.717, 1.165) is 24.2 Å². The van der Waals surface area contributed by atoms with Crippen molar-refractivity contribution < 1.29 is 13.2 Å². The molecular weight excluding hydrogens is 451 g/mol. The predicted molar refractivity (Wildman–Crippen MR) is 122 cm³/mol. The van der Waals surface area contributed by atoms with E-state index in [9.17, 15) is 13.2 Å². The number of halogens is 3. The van der Waals surface area contributed by atoms with Crippen LogP contribution in [-0.2, 0) is 6.18 Å². The number of nitrogens with one attached hydrogen (secondary N) is 3. The van der Waals surface area contributed by atoms with E-state index in [2.05, 4.69) is 49.4 Å². The molecule has 3 N–H and O–H groups in total. The molecule has 4 aromatic heterocycles. The van der Waals surface area contributed by atoms with E-state index >= 15 is 0 Å². The van der Waals surface area contributed by atoms with E-state index in [1.807, 2.05) is 5.38 Å². The number of alkyl halides is 3. The van der Waals surface area contributed by atoms with Crippen molar-refractivity contribution in [3.63, 3.8) is 0 Å². The average Bonchev–Trinajstić information content (AvgIpc) is 3.42. The second kappa shape index (κ2) is 8.07. The predicted octanol–water partition coefficient (Wildman–Crippen LogP) is 4.96. The van der Waals surface area contributed by atoms with Gasteiger partial charge in [-0.2, -0.15) is 13.2 Å². The van der Waals surface area contributed by atoms with Crippen molar-refractivity contribution in [2.75, 3.05) is 18.4 Å². The normalized spacial score (nSPS) is 18.5. The number of H-pyrrole nitrogens is 1. The van der Waals surface area contributed by atoms with Gasteiger partial charge in [0.15, 0.2) is 0 Å². The molecular formula is C22H22F3N7S. The Labute approximate surface area is 191 Å². The van der Waals surface area contributed by atoms with Crippen LogP contribution in [0.3, 0.4) is 0 Å². The fourth-order valence-corrected chi connectivity index (χ4v) is 4.82. The number of nitrogens with zero attached hydrogens (tertiary/aromatic N) is 4. The first-order valence-electron chi connectivity index (χ1n) is 10.5. The van der Waals surface area contributed by atoms with E-state index in [4.69, 9.17) is 0 Å². The van der Waals surface area contributed by atoms with Crippen molar-refractivity contribution in [3.05, 3.63) is 41.7 Å². The molecule has 0 aliphatic carbocycles. The lowest BCUT2D eigenvalue weighted by Gasteiger charge is -2.36. The van der Waals surface area contributed by atoms with Crippen LogP contribution < -0.4 is 10.6 Å². The summed E-state index contributed by atoms with van der Waals surface area (Å²) in [7, 11) is 0. The molecule has 5 heterocycles. The summed E-state index contributed by atoms with van der Waals surface area (Å²) in [6.07, 6.45) is 0.300. The van der Waals surface area contributed by atoms with Gasteiger partial charge in [-0.25, -0.2) is 19.9 Å². The van der Waals surface area contributed by atoms with E-state index in [1.54, 1.807) is 18.3 Å². The highest BCUT2D eigenvalue weighted by Gasteiger charge is 2.36. The summed E-state index contributed by atoms with van der Waals surface area (Å²) in [5.41, 5.74) is 0.445. The van der Waals surface area contributed by atoms with Gasteiger partial charge in [-0.05, 0) is 24.0 Å². The number of anilines is 1. The molecule has 0 aromatic carbocycles. The topological polar surface area (TPSA) is 91.4 Å². The number of pyridine rings is 1. The van der Waals surface area contributed by atoms with Gasteiger partial charge in [0.2, 0.25) is 5.95 Å². The number of piperidine rings is 1. The van der Waals surface area contributed by atoms with E-state index in [0.29, 0.717) is 28.8 Å². The van der Waals surface area contributed by atoms with Gasteiger partial charge in [-0.1, -0.05) is 13.8 Å². The molecule has 4 aromatic rings. The van der Waals surface area contributed by atoms with Gasteiger partial charge in [0.1, 0.15) is 21.9 Å². The highest BCUT2D eigenvalue weighted by Crippen LogP contribution is 2.39. The molecule has 0 spiro atoms. The van der Waals surface area contributed by atoms with Crippen LogP contribution in [-0.4, -0.2) is 44.1 Å². The standard InChI is InChI=1S/C22H22F3N7S/c1-21(2)7-12(8-26-11-21)30-20-29-10-15(22(23,24)25)17(32-20)14-9-28-18-13(14)3-4-16(31-18)19-27-5-6-33-19/h3-6,9-10,12,26H,7-8,11H2,1-2H3,(H,28,31)(H,29,30,32)/t12-/m0/s1. The molecule has 33 heavy (non-hydrogen) atoms. The second-order valence-electron chi connectivity index (χ2n) is 8.93. The minimum atomic E-state index is -4.60. The first-order valence-corrected chi connectivity index (χ1v) is 11.4. The summed E-state index contributed by atoms with van der Waals surface area (Å²) in [5.74, 6) is 0.171. The van der Waals surface area contributed by atoms with E-state index in [1.165, 1.54) is 17.5 Å². The van der Waals surface area contributed by atoms with Crippen LogP contribution in [0.4, 0.5) is 19.1 Å². The summed E-state index contributed by atoms with van der Waals surface area (Å²) in [6.45, 7) is 5.87. The van der Waals surface area contributed by atoms with Crippen LogP contribution >= 0.6 is 11.3 Å². The molecule has 0 radical (unpaired) electrons. The molecule has 1 aliphatic heterocycles. The first kappa shape index (κ1) is 21.8. The Bertz CT molecular complexity index is 1280. The third kappa shape index (κ3) is 4.42. The minimum absolute atomic E-state index is 0.0174. The highest BCUT2D eigenvalue weighted by atomic mass is 32.1. The largest absolute Gasteiger partial charge is 0.419 e. The lowest BCUT2D eigenvalue weighted by atomic mass is 9.83. The average molecular weight is 474 g/mol. The third-order valence-corrected chi connectivity index (χ3v) is 6.46. The van der Waals surface area contributed by atoms with Crippen LogP contribution in [0.2, 0.25) is 0 Å². The fraction of sp³-hybridized carbons (Fsp3) is 0.364. The molecule has 0 saturated carbocycles. The molecule has 0 amide bonds. The third-order valence-electron chi connectivity index (χ3n) is 5.67. The Hall–Kier alpha value is -3.05. The summed E-state index contributed by atoms with van der Waals surface area (Å²) in [4.78, 5) is 20.1. The maximum Gasteiger partial charge on any atom is 0.419 e. The molecule has 7 nitrogen and oxygen atoms in total. The number of hydrogen-bond acceptors (Lipinski definition) is 7. The Kier molecular flexibility index (Phi) is 5.32. The number of aromatic amines is 1. The van der Waals surface area contributed by atoms with Gasteiger partial charge in [0.05, 0.1) is 5.69 Å². The molecule has 1 atom stereocenters. The SMILES string of the molecule is CC1(C)CNC[C@@H](Nc2ncc(C(F)(F)F)c(-c3c[nH]c4nc(-c5nccs5)ccc34)n2)C1. The maximum absolute atomic E-state index is 13.8. The molecule has 1 aliphatic rings. The van der Waals surface area contributed by atoms with Crippen molar-refractivity contribution in [1.82, 2.24) is 30.2 Å². The Morgan fingerprint density at radius 2 is 2.03 bits per heavy atom. The lowest BCUT2D eigenvalue weighted by Crippen LogP contribution is -2.47. The Balaban J connectivity index is 1.54. The van der Waals surface area contributed by atoms with Gasteiger partial charge in [0.25, 0.3) is 0 Å². The van der Waals surface area contributed by atoms with Crippen molar-refractivity contribution in [2.45, 2.75) is 32.5 Å². The van der Waals surface area contributed by atoms with Crippen LogP contribution in [0.15, 0.2) is 36.1 Å².